The summed E-state index contributed by atoms with van der Waals surface area (Å²) in [5.74, 6) is 0.143. The Morgan fingerprint density at radius 3 is 2.55 bits per heavy atom. The van der Waals surface area contributed by atoms with Crippen LogP contribution in [-0.4, -0.2) is 33.3 Å². The predicted octanol–water partition coefficient (Wildman–Crippen LogP) is 3.14. The molecule has 2 aromatic rings. The van der Waals surface area contributed by atoms with Gasteiger partial charge in [-0.25, -0.2) is 0 Å². The number of para-hydroxylation sites is 1. The van der Waals surface area contributed by atoms with Crippen molar-refractivity contribution in [2.75, 3.05) is 18.4 Å². The summed E-state index contributed by atoms with van der Waals surface area (Å²) in [5, 5.41) is 23.5. The topological polar surface area (TPSA) is 55.7 Å². The Labute approximate surface area is 136 Å². The number of nitrogens with one attached hydrogen (secondary N) is 1. The highest BCUT2D eigenvalue weighted by Crippen LogP contribution is 2.19. The van der Waals surface area contributed by atoms with Gasteiger partial charge in [-0.15, -0.1) is 0 Å². The van der Waals surface area contributed by atoms with Gasteiger partial charge in [0.1, 0.15) is 5.75 Å². The van der Waals surface area contributed by atoms with Gasteiger partial charge in [-0.2, -0.15) is 0 Å². The molecule has 0 aliphatic heterocycles. The maximum absolute atomic E-state index is 10.3. The first-order valence-electron chi connectivity index (χ1n) is 7.18. The first-order valence-corrected chi connectivity index (χ1v) is 7.59. The minimum Gasteiger partial charge on any atom is -0.508 e. The van der Waals surface area contributed by atoms with Crippen molar-refractivity contribution in [1.82, 2.24) is 4.90 Å². The Hall–Kier alpha value is -2.11. The number of rotatable bonds is 5. The summed E-state index contributed by atoms with van der Waals surface area (Å²) >= 11 is 5.41. The Balaban J connectivity index is 2.00. The van der Waals surface area contributed by atoms with Crippen LogP contribution in [0.5, 0.6) is 5.75 Å². The third-order valence-electron chi connectivity index (χ3n) is 3.34. The standard InChI is InChI=1S/C17H20N2O2S/c1-2-19(17(22)18-14-8-4-3-5-9-14)12-16(21)13-7-6-10-15(20)11-13/h3-11,16,20-21H,2,12H2,1H3,(H,18,22). The van der Waals surface area contributed by atoms with E-state index in [0.29, 0.717) is 23.8 Å². The summed E-state index contributed by atoms with van der Waals surface area (Å²) in [6.45, 7) is 3.02. The molecule has 0 radical (unpaired) electrons. The van der Waals surface area contributed by atoms with Crippen LogP contribution in [0.15, 0.2) is 54.6 Å². The first kappa shape index (κ1) is 16.3. The van der Waals surface area contributed by atoms with Crippen molar-refractivity contribution in [2.24, 2.45) is 0 Å². The molecule has 0 aliphatic rings. The fourth-order valence-electron chi connectivity index (χ4n) is 2.13. The Kier molecular flexibility index (Phi) is 5.75. The first-order chi connectivity index (χ1) is 10.6. The van der Waals surface area contributed by atoms with Crippen molar-refractivity contribution < 1.29 is 10.2 Å². The van der Waals surface area contributed by atoms with Gasteiger partial charge in [-0.1, -0.05) is 30.3 Å². The fourth-order valence-corrected chi connectivity index (χ4v) is 2.45. The van der Waals surface area contributed by atoms with E-state index in [0.717, 1.165) is 5.69 Å². The number of anilines is 1. The van der Waals surface area contributed by atoms with Gasteiger partial charge >= 0.3 is 0 Å². The molecule has 0 aliphatic carbocycles. The molecule has 0 saturated heterocycles. The Morgan fingerprint density at radius 1 is 1.18 bits per heavy atom. The summed E-state index contributed by atoms with van der Waals surface area (Å²) in [6, 6.07) is 16.3. The zero-order chi connectivity index (χ0) is 15.9. The monoisotopic (exact) mass is 316 g/mol. The normalized spacial score (nSPS) is 11.7. The molecule has 1 unspecified atom stereocenters. The summed E-state index contributed by atoms with van der Waals surface area (Å²) in [4.78, 5) is 1.89. The molecule has 1 atom stereocenters. The number of phenolic OH excluding ortho intramolecular Hbond substituents is 1. The highest BCUT2D eigenvalue weighted by Gasteiger charge is 2.15. The van der Waals surface area contributed by atoms with Gasteiger partial charge in [-0.05, 0) is 49.0 Å². The quantitative estimate of drug-likeness (QED) is 0.740. The van der Waals surface area contributed by atoms with Crippen molar-refractivity contribution >= 4 is 23.0 Å². The molecule has 5 heteroatoms. The van der Waals surface area contributed by atoms with Crippen molar-refractivity contribution in [3.05, 3.63) is 60.2 Å². The van der Waals surface area contributed by atoms with Crippen molar-refractivity contribution in [2.45, 2.75) is 13.0 Å². The molecule has 4 nitrogen and oxygen atoms in total. The van der Waals surface area contributed by atoms with Crippen LogP contribution in [0.1, 0.15) is 18.6 Å². The number of aliphatic hydroxyl groups excluding tert-OH is 1. The summed E-state index contributed by atoms with van der Waals surface area (Å²) in [6.07, 6.45) is -0.720. The zero-order valence-corrected chi connectivity index (χ0v) is 13.3. The van der Waals surface area contributed by atoms with Gasteiger partial charge in [0.05, 0.1) is 12.6 Å². The average Bonchev–Trinajstić information content (AvgIpc) is 2.53. The molecule has 0 amide bonds. The van der Waals surface area contributed by atoms with Crippen molar-refractivity contribution in [1.29, 1.82) is 0 Å². The summed E-state index contributed by atoms with van der Waals surface area (Å²) in [7, 11) is 0. The van der Waals surface area contributed by atoms with Crippen molar-refractivity contribution in [3.8, 4) is 5.75 Å². The third kappa shape index (κ3) is 4.44. The van der Waals surface area contributed by atoms with E-state index >= 15 is 0 Å². The second-order valence-corrected chi connectivity index (χ2v) is 5.33. The molecule has 0 heterocycles. The number of aliphatic hydroxyl groups is 1. The lowest BCUT2D eigenvalue weighted by molar-refractivity contribution is 0.146. The minimum atomic E-state index is -0.720. The van der Waals surface area contributed by atoms with Gasteiger partial charge < -0.3 is 20.4 Å². The lowest BCUT2D eigenvalue weighted by Crippen LogP contribution is -2.37. The van der Waals surface area contributed by atoms with E-state index < -0.39 is 6.10 Å². The van der Waals surface area contributed by atoms with Crippen LogP contribution in [0.3, 0.4) is 0 Å². The number of likely N-dealkylation sites (N-methyl/N-ethyl adjacent to an activating group) is 1. The number of thiocarbonyl (C=S) groups is 1. The number of nitrogens with zero attached hydrogens (tertiary/aromatic N) is 1. The number of aromatic hydroxyl groups is 1. The lowest BCUT2D eigenvalue weighted by Gasteiger charge is -2.27. The molecular formula is C17H20N2O2S. The summed E-state index contributed by atoms with van der Waals surface area (Å²) < 4.78 is 0. The van der Waals surface area contributed by atoms with E-state index in [4.69, 9.17) is 12.2 Å². The van der Waals surface area contributed by atoms with Gasteiger partial charge in [0, 0.05) is 12.2 Å². The predicted molar refractivity (Wildman–Crippen MR) is 93.0 cm³/mol. The Morgan fingerprint density at radius 2 is 1.91 bits per heavy atom. The number of hydrogen-bond donors (Lipinski definition) is 3. The molecule has 22 heavy (non-hydrogen) atoms. The molecule has 0 saturated carbocycles. The molecule has 116 valence electrons. The highest BCUT2D eigenvalue weighted by atomic mass is 32.1. The molecule has 0 fully saturated rings. The van der Waals surface area contributed by atoms with Crippen LogP contribution in [0.4, 0.5) is 5.69 Å². The second kappa shape index (κ2) is 7.77. The largest absolute Gasteiger partial charge is 0.508 e. The molecule has 2 aromatic carbocycles. The van der Waals surface area contributed by atoms with Crippen LogP contribution in [0, 0.1) is 0 Å². The summed E-state index contributed by atoms with van der Waals surface area (Å²) in [5.41, 5.74) is 1.58. The average molecular weight is 316 g/mol. The number of benzene rings is 2. The maximum atomic E-state index is 10.3. The SMILES string of the molecule is CCN(CC(O)c1cccc(O)c1)C(=S)Nc1ccccc1. The number of hydrogen-bond acceptors (Lipinski definition) is 3. The van der Waals surface area contributed by atoms with Crippen molar-refractivity contribution in [3.63, 3.8) is 0 Å². The van der Waals surface area contributed by atoms with E-state index in [1.807, 2.05) is 42.2 Å². The van der Waals surface area contributed by atoms with Crippen LogP contribution in [0.25, 0.3) is 0 Å². The maximum Gasteiger partial charge on any atom is 0.173 e. The smallest absolute Gasteiger partial charge is 0.173 e. The molecule has 0 aromatic heterocycles. The highest BCUT2D eigenvalue weighted by molar-refractivity contribution is 7.80. The third-order valence-corrected chi connectivity index (χ3v) is 3.70. The molecule has 3 N–H and O–H groups in total. The Bertz CT molecular complexity index is 619. The molecule has 0 spiro atoms. The molecule has 2 rings (SSSR count). The fraction of sp³-hybridized carbons (Fsp3) is 0.235. The lowest BCUT2D eigenvalue weighted by atomic mass is 10.1. The van der Waals surface area contributed by atoms with Crippen LogP contribution in [-0.2, 0) is 0 Å². The number of phenols is 1. The van der Waals surface area contributed by atoms with E-state index in [1.54, 1.807) is 24.3 Å². The minimum absolute atomic E-state index is 0.143. The van der Waals surface area contributed by atoms with Gasteiger partial charge in [0.15, 0.2) is 5.11 Å². The van der Waals surface area contributed by atoms with E-state index in [-0.39, 0.29) is 5.75 Å². The second-order valence-electron chi connectivity index (χ2n) is 4.95. The van der Waals surface area contributed by atoms with Crippen LogP contribution < -0.4 is 5.32 Å². The van der Waals surface area contributed by atoms with E-state index in [2.05, 4.69) is 5.32 Å². The van der Waals surface area contributed by atoms with E-state index in [9.17, 15) is 10.2 Å². The zero-order valence-electron chi connectivity index (χ0n) is 12.4. The van der Waals surface area contributed by atoms with Gasteiger partial charge in [0.25, 0.3) is 0 Å². The van der Waals surface area contributed by atoms with E-state index in [1.165, 1.54) is 0 Å². The van der Waals surface area contributed by atoms with Crippen LogP contribution >= 0.6 is 12.2 Å². The van der Waals surface area contributed by atoms with Gasteiger partial charge in [0.2, 0.25) is 0 Å². The van der Waals surface area contributed by atoms with Crippen LogP contribution in [0.2, 0.25) is 0 Å². The van der Waals surface area contributed by atoms with Gasteiger partial charge in [-0.3, -0.25) is 0 Å². The molecular weight excluding hydrogens is 296 g/mol. The molecule has 0 bridgehead atoms.